The summed E-state index contributed by atoms with van der Waals surface area (Å²) in [6.45, 7) is 7.33. The highest BCUT2D eigenvalue weighted by molar-refractivity contribution is 6.11. The molecule has 1 heterocycles. The summed E-state index contributed by atoms with van der Waals surface area (Å²) in [6.07, 6.45) is -0.00211. The van der Waals surface area contributed by atoms with Crippen LogP contribution in [0.3, 0.4) is 0 Å². The minimum absolute atomic E-state index is 0.00211. The van der Waals surface area contributed by atoms with Crippen LogP contribution in [0.15, 0.2) is 114 Å². The molecule has 1 unspecified atom stereocenters. The maximum absolute atomic E-state index is 4.92. The molecule has 0 saturated heterocycles. The van der Waals surface area contributed by atoms with Gasteiger partial charge in [0.25, 0.3) is 0 Å². The van der Waals surface area contributed by atoms with Crippen LogP contribution in [0.25, 0.3) is 11.1 Å². The molecule has 3 nitrogen and oxygen atoms in total. The fourth-order valence-corrected chi connectivity index (χ4v) is 4.46. The van der Waals surface area contributed by atoms with Crippen LogP contribution in [-0.4, -0.2) is 12.5 Å². The Balaban J connectivity index is 1.52. The number of anilines is 1. The summed E-state index contributed by atoms with van der Waals surface area (Å²) in [6, 6.07) is 38.7. The Hall–Kier alpha value is -3.69. The second kappa shape index (κ2) is 9.28. The molecule has 170 valence electrons. The molecule has 4 aromatic rings. The van der Waals surface area contributed by atoms with Crippen molar-refractivity contribution in [3.8, 4) is 11.1 Å². The second-order valence-corrected chi connectivity index (χ2v) is 9.77. The number of aliphatic imine (C=N–C) groups is 1. The normalized spacial score (nSPS) is 16.3. The van der Waals surface area contributed by atoms with E-state index in [1.807, 2.05) is 6.07 Å². The number of nitrogens with zero attached hydrogens (tertiary/aromatic N) is 2. The first-order valence-electron chi connectivity index (χ1n) is 11.9. The van der Waals surface area contributed by atoms with Gasteiger partial charge in [-0.05, 0) is 39.8 Å². The molecule has 0 aromatic heterocycles. The monoisotopic (exact) mass is 445 g/mol. The van der Waals surface area contributed by atoms with Gasteiger partial charge in [0.1, 0.15) is 12.0 Å². The molecule has 5 rings (SSSR count). The maximum atomic E-state index is 4.92. The lowest BCUT2D eigenvalue weighted by molar-refractivity contribution is 0.536. The van der Waals surface area contributed by atoms with Gasteiger partial charge >= 0.3 is 0 Å². The average Bonchev–Trinajstić information content (AvgIpc) is 2.89. The molecule has 1 aliphatic heterocycles. The van der Waals surface area contributed by atoms with E-state index >= 15 is 0 Å². The van der Waals surface area contributed by atoms with E-state index in [2.05, 4.69) is 134 Å². The molecule has 1 atom stereocenters. The highest BCUT2D eigenvalue weighted by Gasteiger charge is 2.29. The number of para-hydroxylation sites is 1. The highest BCUT2D eigenvalue weighted by Crippen LogP contribution is 2.32. The predicted octanol–water partition coefficient (Wildman–Crippen LogP) is 7.16. The van der Waals surface area contributed by atoms with E-state index in [9.17, 15) is 0 Å². The zero-order chi connectivity index (χ0) is 23.5. The first-order chi connectivity index (χ1) is 16.5. The first kappa shape index (κ1) is 22.1. The zero-order valence-corrected chi connectivity index (χ0v) is 20.1. The third-order valence-electron chi connectivity index (χ3n) is 6.38. The van der Waals surface area contributed by atoms with Crippen LogP contribution in [0.1, 0.15) is 43.6 Å². The van der Waals surface area contributed by atoms with Crippen molar-refractivity contribution in [3.05, 3.63) is 126 Å². The van der Waals surface area contributed by atoms with Crippen molar-refractivity contribution in [1.82, 2.24) is 5.32 Å². The van der Waals surface area contributed by atoms with Crippen molar-refractivity contribution < 1.29 is 0 Å². The van der Waals surface area contributed by atoms with Crippen LogP contribution in [0.5, 0.6) is 0 Å². The van der Waals surface area contributed by atoms with Gasteiger partial charge in [0, 0.05) is 11.3 Å². The smallest absolute Gasteiger partial charge is 0.138 e. The lowest BCUT2D eigenvalue weighted by Gasteiger charge is -2.38. The average molecular weight is 446 g/mol. The van der Waals surface area contributed by atoms with Crippen molar-refractivity contribution in [2.75, 3.05) is 11.6 Å². The van der Waals surface area contributed by atoms with Gasteiger partial charge in [-0.15, -0.1) is 0 Å². The third kappa shape index (κ3) is 4.52. The van der Waals surface area contributed by atoms with E-state index < -0.39 is 0 Å². The predicted molar refractivity (Wildman–Crippen MR) is 143 cm³/mol. The van der Waals surface area contributed by atoms with E-state index in [1.165, 1.54) is 22.3 Å². The first-order valence-corrected chi connectivity index (χ1v) is 11.9. The van der Waals surface area contributed by atoms with Gasteiger partial charge in [0.05, 0.1) is 6.67 Å². The Morgan fingerprint density at radius 1 is 0.676 bits per heavy atom. The molecule has 0 aliphatic carbocycles. The number of hydrogen-bond acceptors (Lipinski definition) is 3. The third-order valence-corrected chi connectivity index (χ3v) is 6.38. The maximum Gasteiger partial charge on any atom is 0.138 e. The van der Waals surface area contributed by atoms with Crippen molar-refractivity contribution in [2.24, 2.45) is 4.99 Å². The van der Waals surface area contributed by atoms with Crippen LogP contribution in [0, 0.1) is 0 Å². The van der Waals surface area contributed by atoms with Gasteiger partial charge in [-0.25, -0.2) is 0 Å². The van der Waals surface area contributed by atoms with E-state index in [0.29, 0.717) is 6.67 Å². The van der Waals surface area contributed by atoms with Crippen LogP contribution in [0.2, 0.25) is 0 Å². The van der Waals surface area contributed by atoms with E-state index in [4.69, 9.17) is 4.99 Å². The van der Waals surface area contributed by atoms with E-state index in [0.717, 1.165) is 17.1 Å². The summed E-state index contributed by atoms with van der Waals surface area (Å²) >= 11 is 0. The van der Waals surface area contributed by atoms with Crippen molar-refractivity contribution >= 4 is 11.5 Å². The minimum Gasteiger partial charge on any atom is -0.306 e. The molecule has 0 amide bonds. The fourth-order valence-electron chi connectivity index (χ4n) is 4.46. The minimum atomic E-state index is -0.00211. The summed E-state index contributed by atoms with van der Waals surface area (Å²) in [4.78, 5) is 7.24. The number of rotatable bonds is 4. The molecule has 0 saturated carbocycles. The van der Waals surface area contributed by atoms with E-state index in [-0.39, 0.29) is 11.6 Å². The Kier molecular flexibility index (Phi) is 6.04. The van der Waals surface area contributed by atoms with Gasteiger partial charge in [-0.3, -0.25) is 10.3 Å². The van der Waals surface area contributed by atoms with Crippen LogP contribution in [-0.2, 0) is 5.41 Å². The summed E-state index contributed by atoms with van der Waals surface area (Å²) < 4.78 is 0. The zero-order valence-electron chi connectivity index (χ0n) is 20.1. The Morgan fingerprint density at radius 3 is 1.85 bits per heavy atom. The number of amidine groups is 1. The summed E-state index contributed by atoms with van der Waals surface area (Å²) in [5, 5.41) is 3.62. The molecule has 0 fully saturated rings. The van der Waals surface area contributed by atoms with Crippen LogP contribution in [0.4, 0.5) is 5.69 Å². The SMILES string of the molecule is CC(C)(C)c1ccc(C2NCN=C(c3ccc(-c4ccccc4)cc3)N2c2ccccc2)cc1. The molecule has 34 heavy (non-hydrogen) atoms. The lowest BCUT2D eigenvalue weighted by atomic mass is 9.86. The van der Waals surface area contributed by atoms with Crippen LogP contribution >= 0.6 is 0 Å². The van der Waals surface area contributed by atoms with Gasteiger partial charge in [-0.1, -0.05) is 118 Å². The molecule has 0 radical (unpaired) electrons. The molecular weight excluding hydrogens is 414 g/mol. The lowest BCUT2D eigenvalue weighted by Crippen LogP contribution is -2.47. The molecule has 0 bridgehead atoms. The van der Waals surface area contributed by atoms with E-state index in [1.54, 1.807) is 0 Å². The van der Waals surface area contributed by atoms with Crippen LogP contribution < -0.4 is 10.2 Å². The Morgan fingerprint density at radius 2 is 1.24 bits per heavy atom. The van der Waals surface area contributed by atoms with Gasteiger partial charge < -0.3 is 4.90 Å². The molecule has 4 aromatic carbocycles. The van der Waals surface area contributed by atoms with Crippen molar-refractivity contribution in [1.29, 1.82) is 0 Å². The molecule has 1 N–H and O–H groups in total. The highest BCUT2D eigenvalue weighted by atomic mass is 15.4. The molecule has 1 aliphatic rings. The number of benzene rings is 4. The number of hydrogen-bond donors (Lipinski definition) is 1. The fraction of sp³-hybridized carbons (Fsp3) is 0.194. The van der Waals surface area contributed by atoms with Crippen molar-refractivity contribution in [2.45, 2.75) is 32.4 Å². The van der Waals surface area contributed by atoms with Gasteiger partial charge in [0.2, 0.25) is 0 Å². The topological polar surface area (TPSA) is 27.6 Å². The summed E-state index contributed by atoms with van der Waals surface area (Å²) in [5.41, 5.74) is 7.35. The molecular formula is C31H31N3. The quantitative estimate of drug-likeness (QED) is 0.361. The van der Waals surface area contributed by atoms with Gasteiger partial charge in [-0.2, -0.15) is 0 Å². The second-order valence-electron chi connectivity index (χ2n) is 9.77. The Bertz CT molecular complexity index is 1250. The van der Waals surface area contributed by atoms with Crippen molar-refractivity contribution in [3.63, 3.8) is 0 Å². The standard InChI is InChI=1S/C31H31N3/c1-31(2,3)27-20-18-26(19-21-27)30-33-22-32-29(34(30)28-12-8-5-9-13-28)25-16-14-24(15-17-25)23-10-6-4-7-11-23/h4-21,30,33H,22H2,1-3H3. The largest absolute Gasteiger partial charge is 0.306 e. The summed E-state index contributed by atoms with van der Waals surface area (Å²) in [5.74, 6) is 0.981. The number of nitrogens with one attached hydrogen (secondary N) is 1. The molecule has 0 spiro atoms. The molecule has 3 heteroatoms. The van der Waals surface area contributed by atoms with Gasteiger partial charge in [0.15, 0.2) is 0 Å². The Labute approximate surface area is 202 Å². The summed E-state index contributed by atoms with van der Waals surface area (Å²) in [7, 11) is 0.